The largest absolute Gasteiger partial charge is 0.387 e. The van der Waals surface area contributed by atoms with E-state index in [-0.39, 0.29) is 6.10 Å². The molecule has 1 N–H and O–H groups in total. The monoisotopic (exact) mass is 262 g/mol. The van der Waals surface area contributed by atoms with Crippen LogP contribution in [0.3, 0.4) is 0 Å². The molecule has 0 aromatic heterocycles. The van der Waals surface area contributed by atoms with Crippen LogP contribution in [0.5, 0.6) is 0 Å². The first kappa shape index (κ1) is 14.5. The summed E-state index contributed by atoms with van der Waals surface area (Å²) in [7, 11) is 2.17. The van der Waals surface area contributed by atoms with Gasteiger partial charge in [-0.1, -0.05) is 23.8 Å². The maximum atomic E-state index is 10.4. The molecule has 1 heterocycles. The second-order valence-electron chi connectivity index (χ2n) is 5.83. The Hall–Kier alpha value is -0.900. The quantitative estimate of drug-likeness (QED) is 0.902. The highest BCUT2D eigenvalue weighted by atomic mass is 16.3. The maximum Gasteiger partial charge on any atom is 0.0919 e. The fourth-order valence-corrected chi connectivity index (χ4v) is 2.82. The number of likely N-dealkylation sites (N-methyl/N-ethyl adjacent to an activating group) is 1. The summed E-state index contributed by atoms with van der Waals surface area (Å²) in [6, 6.07) is 6.30. The van der Waals surface area contributed by atoms with E-state index in [1.54, 1.807) is 0 Å². The van der Waals surface area contributed by atoms with Gasteiger partial charge < -0.3 is 10.0 Å². The van der Waals surface area contributed by atoms with Crippen molar-refractivity contribution in [2.45, 2.75) is 26.4 Å². The number of aliphatic hydroxyl groups is 1. The number of aliphatic hydroxyl groups excluding tert-OH is 1. The molecule has 3 heteroatoms. The molecule has 3 nitrogen and oxygen atoms in total. The van der Waals surface area contributed by atoms with E-state index < -0.39 is 0 Å². The second kappa shape index (κ2) is 6.51. The molecule has 0 aliphatic carbocycles. The van der Waals surface area contributed by atoms with Gasteiger partial charge in [0.2, 0.25) is 0 Å². The molecule has 0 radical (unpaired) electrons. The SMILES string of the molecule is Cc1ccc(C(O)CN2CCCN(C)CC2)c(C)c1. The molecule has 19 heavy (non-hydrogen) atoms. The van der Waals surface area contributed by atoms with Crippen molar-refractivity contribution in [3.8, 4) is 0 Å². The van der Waals surface area contributed by atoms with Crippen molar-refractivity contribution in [1.82, 2.24) is 9.80 Å². The molecule has 1 atom stereocenters. The lowest BCUT2D eigenvalue weighted by Gasteiger charge is -2.24. The van der Waals surface area contributed by atoms with Gasteiger partial charge in [-0.25, -0.2) is 0 Å². The first-order valence-electron chi connectivity index (χ1n) is 7.22. The van der Waals surface area contributed by atoms with Crippen LogP contribution in [0.4, 0.5) is 0 Å². The van der Waals surface area contributed by atoms with Crippen LogP contribution >= 0.6 is 0 Å². The highest BCUT2D eigenvalue weighted by Crippen LogP contribution is 2.20. The molecule has 0 saturated carbocycles. The van der Waals surface area contributed by atoms with Crippen molar-refractivity contribution in [2.24, 2.45) is 0 Å². The molecule has 1 aliphatic heterocycles. The molecule has 0 spiro atoms. The summed E-state index contributed by atoms with van der Waals surface area (Å²) in [5.41, 5.74) is 3.52. The first-order chi connectivity index (χ1) is 9.06. The molecule has 1 saturated heterocycles. The van der Waals surface area contributed by atoms with Crippen LogP contribution < -0.4 is 0 Å². The predicted octanol–water partition coefficient (Wildman–Crippen LogP) is 1.97. The van der Waals surface area contributed by atoms with Gasteiger partial charge in [0.05, 0.1) is 6.10 Å². The second-order valence-corrected chi connectivity index (χ2v) is 5.83. The minimum atomic E-state index is -0.371. The molecule has 1 aromatic carbocycles. The first-order valence-corrected chi connectivity index (χ1v) is 7.22. The highest BCUT2D eigenvalue weighted by Gasteiger charge is 2.17. The number of benzene rings is 1. The Kier molecular flexibility index (Phi) is 4.97. The van der Waals surface area contributed by atoms with E-state index in [0.29, 0.717) is 0 Å². The molecule has 106 valence electrons. The Morgan fingerprint density at radius 2 is 1.95 bits per heavy atom. The van der Waals surface area contributed by atoms with E-state index in [9.17, 15) is 5.11 Å². The van der Waals surface area contributed by atoms with Gasteiger partial charge in [0.25, 0.3) is 0 Å². The zero-order valence-corrected chi connectivity index (χ0v) is 12.4. The molecule has 1 unspecified atom stereocenters. The summed E-state index contributed by atoms with van der Waals surface area (Å²) >= 11 is 0. The number of β-amino-alcohol motifs (C(OH)–C–C–N with tert-alkyl or cyclic N) is 1. The van der Waals surface area contributed by atoms with Crippen molar-refractivity contribution >= 4 is 0 Å². The third-order valence-corrected chi connectivity index (χ3v) is 4.03. The number of nitrogens with zero attached hydrogens (tertiary/aromatic N) is 2. The fourth-order valence-electron chi connectivity index (χ4n) is 2.82. The van der Waals surface area contributed by atoms with Crippen LogP contribution in [0.15, 0.2) is 18.2 Å². The molecule has 2 rings (SSSR count). The van der Waals surface area contributed by atoms with Gasteiger partial charge in [0.1, 0.15) is 0 Å². The Labute approximate surface area is 116 Å². The summed E-state index contributed by atoms with van der Waals surface area (Å²) < 4.78 is 0. The van der Waals surface area contributed by atoms with Crippen molar-refractivity contribution in [1.29, 1.82) is 0 Å². The van der Waals surface area contributed by atoms with E-state index in [1.807, 2.05) is 0 Å². The normalized spacial score (nSPS) is 20.2. The lowest BCUT2D eigenvalue weighted by atomic mass is 10.0. The molecule has 1 fully saturated rings. The Bertz CT molecular complexity index is 419. The van der Waals surface area contributed by atoms with Crippen LogP contribution in [0.2, 0.25) is 0 Å². The van der Waals surface area contributed by atoms with Crippen LogP contribution in [0.25, 0.3) is 0 Å². The van der Waals surface area contributed by atoms with Gasteiger partial charge >= 0.3 is 0 Å². The van der Waals surface area contributed by atoms with E-state index in [2.05, 4.69) is 48.9 Å². The summed E-state index contributed by atoms with van der Waals surface area (Å²) in [4.78, 5) is 4.75. The van der Waals surface area contributed by atoms with Gasteiger partial charge in [0, 0.05) is 19.6 Å². The molecule has 0 bridgehead atoms. The van der Waals surface area contributed by atoms with Gasteiger partial charge in [-0.3, -0.25) is 4.90 Å². The summed E-state index contributed by atoms with van der Waals surface area (Å²) in [6.45, 7) is 9.33. The van der Waals surface area contributed by atoms with Crippen molar-refractivity contribution in [3.63, 3.8) is 0 Å². The summed E-state index contributed by atoms with van der Waals surface area (Å²) in [6.07, 6.45) is 0.819. The van der Waals surface area contributed by atoms with Crippen LogP contribution in [-0.2, 0) is 0 Å². The third-order valence-electron chi connectivity index (χ3n) is 4.03. The topological polar surface area (TPSA) is 26.7 Å². The smallest absolute Gasteiger partial charge is 0.0919 e. The number of hydrogen-bond donors (Lipinski definition) is 1. The predicted molar refractivity (Wildman–Crippen MR) is 79.4 cm³/mol. The van der Waals surface area contributed by atoms with Gasteiger partial charge in [-0.2, -0.15) is 0 Å². The molecule has 1 aliphatic rings. The minimum absolute atomic E-state index is 0.371. The van der Waals surface area contributed by atoms with Crippen LogP contribution in [0, 0.1) is 13.8 Å². The lowest BCUT2D eigenvalue weighted by molar-refractivity contribution is 0.115. The average molecular weight is 262 g/mol. The van der Waals surface area contributed by atoms with E-state index >= 15 is 0 Å². The van der Waals surface area contributed by atoms with E-state index in [1.165, 1.54) is 17.5 Å². The zero-order valence-electron chi connectivity index (χ0n) is 12.4. The third kappa shape index (κ3) is 4.03. The van der Waals surface area contributed by atoms with Gasteiger partial charge in [-0.15, -0.1) is 0 Å². The van der Waals surface area contributed by atoms with Crippen LogP contribution in [-0.4, -0.2) is 54.7 Å². The number of aryl methyl sites for hydroxylation is 2. The standard InChI is InChI=1S/C16H26N2O/c1-13-5-6-15(14(2)11-13)16(19)12-18-8-4-7-17(3)9-10-18/h5-6,11,16,19H,4,7-10,12H2,1-3H3. The minimum Gasteiger partial charge on any atom is -0.387 e. The van der Waals surface area contributed by atoms with E-state index in [4.69, 9.17) is 0 Å². The van der Waals surface area contributed by atoms with Crippen molar-refractivity contribution in [3.05, 3.63) is 34.9 Å². The number of hydrogen-bond acceptors (Lipinski definition) is 3. The number of rotatable bonds is 3. The molecule has 0 amide bonds. The average Bonchev–Trinajstić information content (AvgIpc) is 2.54. The maximum absolute atomic E-state index is 10.4. The Morgan fingerprint density at radius 1 is 1.16 bits per heavy atom. The van der Waals surface area contributed by atoms with Gasteiger partial charge in [0.15, 0.2) is 0 Å². The highest BCUT2D eigenvalue weighted by molar-refractivity contribution is 5.32. The van der Waals surface area contributed by atoms with Crippen molar-refractivity contribution in [2.75, 3.05) is 39.8 Å². The lowest BCUT2D eigenvalue weighted by Crippen LogP contribution is -2.32. The Balaban J connectivity index is 1.98. The van der Waals surface area contributed by atoms with Crippen LogP contribution in [0.1, 0.15) is 29.2 Å². The van der Waals surface area contributed by atoms with E-state index in [0.717, 1.165) is 38.3 Å². The molecular weight excluding hydrogens is 236 g/mol. The van der Waals surface area contributed by atoms with Crippen molar-refractivity contribution < 1.29 is 5.11 Å². The molecule has 1 aromatic rings. The van der Waals surface area contributed by atoms with Gasteiger partial charge in [-0.05, 0) is 51.5 Å². The zero-order chi connectivity index (χ0) is 13.8. The summed E-state index contributed by atoms with van der Waals surface area (Å²) in [5.74, 6) is 0. The molecular formula is C16H26N2O. The summed E-state index contributed by atoms with van der Waals surface area (Å²) in [5, 5.41) is 10.4. The fraction of sp³-hybridized carbons (Fsp3) is 0.625. The Morgan fingerprint density at radius 3 is 2.68 bits per heavy atom.